The molecule has 0 radical (unpaired) electrons. The lowest BCUT2D eigenvalue weighted by molar-refractivity contribution is -0.133. The van der Waals surface area contributed by atoms with Crippen molar-refractivity contribution in [3.63, 3.8) is 0 Å². The molecule has 2 rings (SSSR count). The Morgan fingerprint density at radius 1 is 1.26 bits per heavy atom. The molecule has 1 heterocycles. The van der Waals surface area contributed by atoms with Crippen molar-refractivity contribution >= 4 is 5.97 Å². The van der Waals surface area contributed by atoms with E-state index in [4.69, 9.17) is 9.47 Å². The van der Waals surface area contributed by atoms with Crippen LogP contribution in [0.1, 0.15) is 33.6 Å². The summed E-state index contributed by atoms with van der Waals surface area (Å²) in [5.41, 5.74) is 1.34. The van der Waals surface area contributed by atoms with Gasteiger partial charge in [-0.15, -0.1) is 0 Å². The first-order valence-corrected chi connectivity index (χ1v) is 7.88. The van der Waals surface area contributed by atoms with E-state index in [1.807, 2.05) is 6.07 Å². The van der Waals surface area contributed by atoms with Crippen molar-refractivity contribution in [1.82, 2.24) is 9.97 Å². The average Bonchev–Trinajstić information content (AvgIpc) is 2.61. The second-order valence-corrected chi connectivity index (χ2v) is 5.40. The van der Waals surface area contributed by atoms with Gasteiger partial charge in [0, 0.05) is 24.4 Å². The highest BCUT2D eigenvalue weighted by Gasteiger charge is 2.13. The molecule has 0 fully saturated rings. The molecule has 5 heteroatoms. The Bertz CT molecular complexity index is 644. The van der Waals surface area contributed by atoms with Gasteiger partial charge in [-0.2, -0.15) is 0 Å². The fourth-order valence-corrected chi connectivity index (χ4v) is 1.88. The zero-order valence-corrected chi connectivity index (χ0v) is 13.8. The van der Waals surface area contributed by atoms with E-state index >= 15 is 0 Å². The number of carbonyl (C=O) groups is 1. The molecule has 0 saturated heterocycles. The first-order chi connectivity index (χ1) is 11.1. The average molecular weight is 314 g/mol. The normalized spacial score (nSPS) is 11.8. The molecule has 122 valence electrons. The number of hydrogen-bond donors (Lipinski definition) is 0. The van der Waals surface area contributed by atoms with Gasteiger partial charge >= 0.3 is 5.97 Å². The van der Waals surface area contributed by atoms with Gasteiger partial charge in [0.15, 0.2) is 0 Å². The van der Waals surface area contributed by atoms with Gasteiger partial charge in [-0.05, 0) is 24.1 Å². The number of benzene rings is 1. The summed E-state index contributed by atoms with van der Waals surface area (Å²) in [6, 6.07) is 5.38. The molecule has 2 aromatic rings. The van der Waals surface area contributed by atoms with Crippen LogP contribution in [0.4, 0.5) is 0 Å². The SMILES string of the molecule is CCC(=O)Oc1ccc(OCC(C)CC)cc1-c1cnccn1. The minimum absolute atomic E-state index is 0.289. The number of hydrogen-bond acceptors (Lipinski definition) is 5. The Morgan fingerprint density at radius 3 is 2.74 bits per heavy atom. The highest BCUT2D eigenvalue weighted by molar-refractivity contribution is 5.77. The zero-order chi connectivity index (χ0) is 16.7. The highest BCUT2D eigenvalue weighted by atomic mass is 16.5. The molecule has 1 unspecified atom stereocenters. The summed E-state index contributed by atoms with van der Waals surface area (Å²) in [7, 11) is 0. The van der Waals surface area contributed by atoms with Gasteiger partial charge in [0.1, 0.15) is 11.5 Å². The number of ether oxygens (including phenoxy) is 2. The molecule has 0 aliphatic heterocycles. The fraction of sp³-hybridized carbons (Fsp3) is 0.389. The Morgan fingerprint density at radius 2 is 2.09 bits per heavy atom. The highest BCUT2D eigenvalue weighted by Crippen LogP contribution is 2.32. The van der Waals surface area contributed by atoms with Crippen molar-refractivity contribution in [2.45, 2.75) is 33.6 Å². The summed E-state index contributed by atoms with van der Waals surface area (Å²) in [6.45, 7) is 6.67. The Kier molecular flexibility index (Phi) is 6.09. The first-order valence-electron chi connectivity index (χ1n) is 7.88. The summed E-state index contributed by atoms with van der Waals surface area (Å²) < 4.78 is 11.2. The van der Waals surface area contributed by atoms with Crippen LogP contribution in [0.15, 0.2) is 36.8 Å². The summed E-state index contributed by atoms with van der Waals surface area (Å²) in [5, 5.41) is 0. The van der Waals surface area contributed by atoms with E-state index in [9.17, 15) is 4.79 Å². The molecular weight excluding hydrogens is 292 g/mol. The second-order valence-electron chi connectivity index (χ2n) is 5.40. The van der Waals surface area contributed by atoms with Gasteiger partial charge in [0.25, 0.3) is 0 Å². The Hall–Kier alpha value is -2.43. The van der Waals surface area contributed by atoms with E-state index in [1.54, 1.807) is 37.6 Å². The Balaban J connectivity index is 2.30. The van der Waals surface area contributed by atoms with Crippen LogP contribution in [-0.2, 0) is 4.79 Å². The predicted octanol–water partition coefficient (Wildman–Crippen LogP) is 3.88. The molecule has 0 saturated carbocycles. The molecule has 0 aliphatic rings. The largest absolute Gasteiger partial charge is 0.493 e. The van der Waals surface area contributed by atoms with Gasteiger partial charge in [-0.25, -0.2) is 0 Å². The van der Waals surface area contributed by atoms with Crippen LogP contribution >= 0.6 is 0 Å². The summed E-state index contributed by atoms with van der Waals surface area (Å²) in [6.07, 6.45) is 6.21. The van der Waals surface area contributed by atoms with Crippen LogP contribution in [0.5, 0.6) is 11.5 Å². The molecule has 0 spiro atoms. The number of rotatable bonds is 7. The van der Waals surface area contributed by atoms with E-state index in [0.29, 0.717) is 36.0 Å². The van der Waals surface area contributed by atoms with E-state index < -0.39 is 0 Å². The first kappa shape index (κ1) is 16.9. The van der Waals surface area contributed by atoms with E-state index in [0.717, 1.165) is 12.2 Å². The third-order valence-corrected chi connectivity index (χ3v) is 3.53. The molecule has 0 bridgehead atoms. The Labute approximate surface area is 136 Å². The van der Waals surface area contributed by atoms with Crippen LogP contribution in [-0.4, -0.2) is 22.5 Å². The minimum atomic E-state index is -0.289. The number of aromatic nitrogens is 2. The number of esters is 1. The molecule has 0 amide bonds. The summed E-state index contributed by atoms with van der Waals surface area (Å²) in [5.74, 6) is 1.38. The zero-order valence-electron chi connectivity index (χ0n) is 13.8. The predicted molar refractivity (Wildman–Crippen MR) is 88.3 cm³/mol. The third kappa shape index (κ3) is 4.77. The topological polar surface area (TPSA) is 61.3 Å². The fourth-order valence-electron chi connectivity index (χ4n) is 1.88. The van der Waals surface area contributed by atoms with E-state index in [-0.39, 0.29) is 5.97 Å². The molecule has 0 aliphatic carbocycles. The van der Waals surface area contributed by atoms with Crippen LogP contribution < -0.4 is 9.47 Å². The second kappa shape index (κ2) is 8.27. The lowest BCUT2D eigenvalue weighted by Gasteiger charge is -2.14. The van der Waals surface area contributed by atoms with Crippen molar-refractivity contribution in [3.05, 3.63) is 36.8 Å². The number of carbonyl (C=O) groups excluding carboxylic acids is 1. The molecule has 1 aromatic carbocycles. The lowest BCUT2D eigenvalue weighted by Crippen LogP contribution is -2.09. The monoisotopic (exact) mass is 314 g/mol. The molecule has 1 aromatic heterocycles. The smallest absolute Gasteiger partial charge is 0.310 e. The molecule has 1 atom stereocenters. The van der Waals surface area contributed by atoms with Gasteiger partial charge in [0.05, 0.1) is 18.5 Å². The third-order valence-electron chi connectivity index (χ3n) is 3.53. The number of nitrogens with zero attached hydrogens (tertiary/aromatic N) is 2. The lowest BCUT2D eigenvalue weighted by atomic mass is 10.1. The molecular formula is C18H22N2O3. The van der Waals surface area contributed by atoms with Crippen LogP contribution in [0.2, 0.25) is 0 Å². The minimum Gasteiger partial charge on any atom is -0.493 e. The van der Waals surface area contributed by atoms with Crippen LogP contribution in [0, 0.1) is 5.92 Å². The van der Waals surface area contributed by atoms with Crippen LogP contribution in [0.3, 0.4) is 0 Å². The standard InChI is InChI=1S/C18H22N2O3/c1-4-13(3)12-22-14-6-7-17(23-18(21)5-2)15(10-14)16-11-19-8-9-20-16/h6-11,13H,4-5,12H2,1-3H3. The van der Waals surface area contributed by atoms with Crippen molar-refractivity contribution < 1.29 is 14.3 Å². The molecule has 23 heavy (non-hydrogen) atoms. The van der Waals surface area contributed by atoms with Gasteiger partial charge in [-0.1, -0.05) is 27.2 Å². The van der Waals surface area contributed by atoms with E-state index in [2.05, 4.69) is 23.8 Å². The molecule has 0 N–H and O–H groups in total. The maximum atomic E-state index is 11.6. The van der Waals surface area contributed by atoms with Crippen molar-refractivity contribution in [3.8, 4) is 22.8 Å². The maximum Gasteiger partial charge on any atom is 0.310 e. The van der Waals surface area contributed by atoms with Gasteiger partial charge < -0.3 is 9.47 Å². The van der Waals surface area contributed by atoms with E-state index in [1.165, 1.54) is 0 Å². The summed E-state index contributed by atoms with van der Waals surface area (Å²) >= 11 is 0. The van der Waals surface area contributed by atoms with Crippen LogP contribution in [0.25, 0.3) is 11.3 Å². The van der Waals surface area contributed by atoms with Gasteiger partial charge in [-0.3, -0.25) is 14.8 Å². The van der Waals surface area contributed by atoms with Crippen molar-refractivity contribution in [2.24, 2.45) is 5.92 Å². The van der Waals surface area contributed by atoms with Crippen molar-refractivity contribution in [1.29, 1.82) is 0 Å². The maximum absolute atomic E-state index is 11.6. The molecule has 5 nitrogen and oxygen atoms in total. The van der Waals surface area contributed by atoms with Crippen molar-refractivity contribution in [2.75, 3.05) is 6.61 Å². The quantitative estimate of drug-likeness (QED) is 0.573. The summed E-state index contributed by atoms with van der Waals surface area (Å²) in [4.78, 5) is 20.0. The van der Waals surface area contributed by atoms with Gasteiger partial charge in [0.2, 0.25) is 0 Å².